The predicted octanol–water partition coefficient (Wildman–Crippen LogP) is 1.23. The van der Waals surface area contributed by atoms with E-state index in [0.29, 0.717) is 24.3 Å². The summed E-state index contributed by atoms with van der Waals surface area (Å²) in [6.07, 6.45) is 2.01. The summed E-state index contributed by atoms with van der Waals surface area (Å²) in [5, 5.41) is 14.7. The molecular weight excluding hydrogens is 260 g/mol. The van der Waals surface area contributed by atoms with E-state index in [1.54, 1.807) is 31.4 Å². The molecule has 1 fully saturated rings. The Kier molecular flexibility index (Phi) is 4.24. The Labute approximate surface area is 117 Å². The lowest BCUT2D eigenvalue weighted by atomic mass is 9.77. The molecule has 0 aliphatic heterocycles. The van der Waals surface area contributed by atoms with E-state index in [1.165, 1.54) is 0 Å². The zero-order valence-corrected chi connectivity index (χ0v) is 11.3. The van der Waals surface area contributed by atoms with Crippen molar-refractivity contribution in [3.8, 4) is 5.75 Å². The maximum absolute atomic E-state index is 11.8. The summed E-state index contributed by atoms with van der Waals surface area (Å²) in [5.41, 5.74) is -0.271. The standard InChI is InChI=1S/C14H18N2O4/c1-20-11-5-3-10(4-6-11)16-12(17)9-15-14(13(18)19)7-2-8-14/h3-6,15H,2,7-9H2,1H3,(H,16,17)(H,18,19). The minimum Gasteiger partial charge on any atom is -0.497 e. The summed E-state index contributed by atoms with van der Waals surface area (Å²) in [6, 6.07) is 6.95. The monoisotopic (exact) mass is 278 g/mol. The molecule has 0 aromatic heterocycles. The van der Waals surface area contributed by atoms with Gasteiger partial charge in [-0.3, -0.25) is 14.9 Å². The molecule has 6 nitrogen and oxygen atoms in total. The fourth-order valence-electron chi connectivity index (χ4n) is 2.13. The number of ether oxygens (including phenoxy) is 1. The summed E-state index contributed by atoms with van der Waals surface area (Å²) in [4.78, 5) is 22.9. The van der Waals surface area contributed by atoms with E-state index >= 15 is 0 Å². The van der Waals surface area contributed by atoms with Crippen molar-refractivity contribution in [2.75, 3.05) is 19.0 Å². The molecule has 2 rings (SSSR count). The maximum atomic E-state index is 11.8. The average molecular weight is 278 g/mol. The first-order chi connectivity index (χ1) is 9.55. The van der Waals surface area contributed by atoms with Crippen LogP contribution in [-0.4, -0.2) is 36.2 Å². The molecule has 0 radical (unpaired) electrons. The average Bonchev–Trinajstić information content (AvgIpc) is 2.38. The lowest BCUT2D eigenvalue weighted by Crippen LogP contribution is -2.58. The topological polar surface area (TPSA) is 87.7 Å². The molecule has 1 saturated carbocycles. The minimum absolute atomic E-state index is 0.0155. The Morgan fingerprint density at radius 1 is 1.30 bits per heavy atom. The van der Waals surface area contributed by atoms with Gasteiger partial charge in [0.2, 0.25) is 5.91 Å². The minimum atomic E-state index is -0.919. The van der Waals surface area contributed by atoms with Gasteiger partial charge in [-0.1, -0.05) is 0 Å². The van der Waals surface area contributed by atoms with Crippen molar-refractivity contribution in [2.45, 2.75) is 24.8 Å². The second kappa shape index (κ2) is 5.92. The summed E-state index contributed by atoms with van der Waals surface area (Å²) in [5.74, 6) is -0.441. The number of carboxylic acids is 1. The van der Waals surface area contributed by atoms with Gasteiger partial charge in [-0.2, -0.15) is 0 Å². The number of aliphatic carboxylic acids is 1. The summed E-state index contributed by atoms with van der Waals surface area (Å²) < 4.78 is 5.02. The fraction of sp³-hybridized carbons (Fsp3) is 0.429. The van der Waals surface area contributed by atoms with Gasteiger partial charge >= 0.3 is 5.97 Å². The number of hydrogen-bond donors (Lipinski definition) is 3. The lowest BCUT2D eigenvalue weighted by Gasteiger charge is -2.38. The van der Waals surface area contributed by atoms with E-state index in [2.05, 4.69) is 10.6 Å². The summed E-state index contributed by atoms with van der Waals surface area (Å²) in [6.45, 7) is -0.0155. The van der Waals surface area contributed by atoms with Gasteiger partial charge in [0.15, 0.2) is 0 Å². The number of carbonyl (C=O) groups excluding carboxylic acids is 1. The first kappa shape index (κ1) is 14.3. The quantitative estimate of drug-likeness (QED) is 0.728. The van der Waals surface area contributed by atoms with Crippen LogP contribution >= 0.6 is 0 Å². The van der Waals surface area contributed by atoms with E-state index < -0.39 is 11.5 Å². The van der Waals surface area contributed by atoms with Crippen LogP contribution < -0.4 is 15.4 Å². The highest BCUT2D eigenvalue weighted by molar-refractivity contribution is 5.93. The van der Waals surface area contributed by atoms with Crippen LogP contribution in [0.2, 0.25) is 0 Å². The van der Waals surface area contributed by atoms with Gasteiger partial charge in [0, 0.05) is 5.69 Å². The first-order valence-electron chi connectivity index (χ1n) is 6.48. The Morgan fingerprint density at radius 3 is 2.40 bits per heavy atom. The fourth-order valence-corrected chi connectivity index (χ4v) is 2.13. The number of benzene rings is 1. The molecule has 1 aromatic rings. The van der Waals surface area contributed by atoms with Crippen molar-refractivity contribution in [3.63, 3.8) is 0 Å². The number of rotatable bonds is 6. The second-order valence-corrected chi connectivity index (χ2v) is 4.87. The maximum Gasteiger partial charge on any atom is 0.323 e. The van der Waals surface area contributed by atoms with Crippen LogP contribution in [0.15, 0.2) is 24.3 Å². The van der Waals surface area contributed by atoms with Gasteiger partial charge in [0.25, 0.3) is 0 Å². The Balaban J connectivity index is 1.84. The molecule has 0 spiro atoms. The molecule has 6 heteroatoms. The Hall–Kier alpha value is -2.08. The Morgan fingerprint density at radius 2 is 1.95 bits per heavy atom. The second-order valence-electron chi connectivity index (χ2n) is 4.87. The van der Waals surface area contributed by atoms with Crippen molar-refractivity contribution in [2.24, 2.45) is 0 Å². The van der Waals surface area contributed by atoms with Crippen molar-refractivity contribution >= 4 is 17.6 Å². The summed E-state index contributed by atoms with van der Waals surface area (Å²) in [7, 11) is 1.57. The van der Waals surface area contributed by atoms with Crippen LogP contribution in [0.1, 0.15) is 19.3 Å². The van der Waals surface area contributed by atoms with Gasteiger partial charge < -0.3 is 15.2 Å². The zero-order valence-electron chi connectivity index (χ0n) is 11.3. The molecule has 108 valence electrons. The number of methoxy groups -OCH3 is 1. The van der Waals surface area contributed by atoms with E-state index in [4.69, 9.17) is 9.84 Å². The first-order valence-corrected chi connectivity index (χ1v) is 6.48. The van der Waals surface area contributed by atoms with Crippen LogP contribution in [0.4, 0.5) is 5.69 Å². The molecular formula is C14H18N2O4. The highest BCUT2D eigenvalue weighted by Crippen LogP contribution is 2.31. The van der Waals surface area contributed by atoms with Crippen LogP contribution in [0.5, 0.6) is 5.75 Å². The molecule has 20 heavy (non-hydrogen) atoms. The van der Waals surface area contributed by atoms with E-state index in [9.17, 15) is 9.59 Å². The third kappa shape index (κ3) is 3.08. The molecule has 0 atom stereocenters. The van der Waals surface area contributed by atoms with Crippen molar-refractivity contribution in [3.05, 3.63) is 24.3 Å². The van der Waals surface area contributed by atoms with Gasteiger partial charge in [0.1, 0.15) is 11.3 Å². The van der Waals surface area contributed by atoms with Crippen molar-refractivity contribution in [1.82, 2.24) is 5.32 Å². The third-order valence-corrected chi connectivity index (χ3v) is 3.58. The molecule has 3 N–H and O–H groups in total. The molecule has 0 bridgehead atoms. The number of amides is 1. The van der Waals surface area contributed by atoms with Crippen LogP contribution in [-0.2, 0) is 9.59 Å². The molecule has 1 amide bonds. The lowest BCUT2D eigenvalue weighted by molar-refractivity contribution is -0.148. The highest BCUT2D eigenvalue weighted by Gasteiger charge is 2.44. The van der Waals surface area contributed by atoms with Crippen LogP contribution in [0.25, 0.3) is 0 Å². The number of nitrogens with one attached hydrogen (secondary N) is 2. The zero-order chi connectivity index (χ0) is 14.6. The van der Waals surface area contributed by atoms with Gasteiger partial charge in [-0.15, -0.1) is 0 Å². The van der Waals surface area contributed by atoms with Gasteiger partial charge in [0.05, 0.1) is 13.7 Å². The largest absolute Gasteiger partial charge is 0.497 e. The molecule has 1 aliphatic carbocycles. The number of carbonyl (C=O) groups is 2. The molecule has 1 aromatic carbocycles. The molecule has 0 saturated heterocycles. The van der Waals surface area contributed by atoms with E-state index in [1.807, 2.05) is 0 Å². The third-order valence-electron chi connectivity index (χ3n) is 3.58. The SMILES string of the molecule is COc1ccc(NC(=O)CNC2(C(=O)O)CCC2)cc1. The number of anilines is 1. The molecule has 0 heterocycles. The normalized spacial score (nSPS) is 16.1. The molecule has 1 aliphatic rings. The van der Waals surface area contributed by atoms with E-state index in [-0.39, 0.29) is 12.5 Å². The number of hydrogen-bond acceptors (Lipinski definition) is 4. The van der Waals surface area contributed by atoms with Crippen molar-refractivity contribution < 1.29 is 19.4 Å². The smallest absolute Gasteiger partial charge is 0.323 e. The van der Waals surface area contributed by atoms with Crippen molar-refractivity contribution in [1.29, 1.82) is 0 Å². The van der Waals surface area contributed by atoms with Gasteiger partial charge in [-0.05, 0) is 43.5 Å². The molecule has 0 unspecified atom stereocenters. The van der Waals surface area contributed by atoms with Crippen LogP contribution in [0, 0.1) is 0 Å². The Bertz CT molecular complexity index is 494. The predicted molar refractivity (Wildman–Crippen MR) is 73.8 cm³/mol. The highest BCUT2D eigenvalue weighted by atomic mass is 16.5. The van der Waals surface area contributed by atoms with E-state index in [0.717, 1.165) is 6.42 Å². The van der Waals surface area contributed by atoms with Gasteiger partial charge in [-0.25, -0.2) is 0 Å². The number of carboxylic acid groups (broad SMARTS) is 1. The summed E-state index contributed by atoms with van der Waals surface area (Å²) >= 11 is 0. The van der Waals surface area contributed by atoms with Crippen LogP contribution in [0.3, 0.4) is 0 Å².